The zero-order valence-electron chi connectivity index (χ0n) is 8.75. The Morgan fingerprint density at radius 2 is 1.93 bits per heavy atom. The van der Waals surface area contributed by atoms with Gasteiger partial charge in [0.25, 0.3) is 0 Å². The van der Waals surface area contributed by atoms with Crippen molar-refractivity contribution in [2.75, 3.05) is 0 Å². The molecule has 1 nitrogen and oxygen atoms in total. The molecular formula is C11H16FNS. The van der Waals surface area contributed by atoms with E-state index in [1.807, 2.05) is 13.0 Å². The van der Waals surface area contributed by atoms with Gasteiger partial charge in [-0.1, -0.05) is 19.9 Å². The van der Waals surface area contributed by atoms with E-state index in [2.05, 4.69) is 13.8 Å². The predicted molar refractivity (Wildman–Crippen MR) is 60.0 cm³/mol. The summed E-state index contributed by atoms with van der Waals surface area (Å²) in [5, 5.41) is 0.439. The predicted octanol–water partition coefficient (Wildman–Crippen LogP) is 3.35. The van der Waals surface area contributed by atoms with E-state index in [0.29, 0.717) is 10.8 Å². The van der Waals surface area contributed by atoms with Crippen molar-refractivity contribution >= 4 is 11.8 Å². The van der Waals surface area contributed by atoms with Crippen molar-refractivity contribution in [3.05, 3.63) is 29.6 Å². The largest absolute Gasteiger partial charge is 0.324 e. The van der Waals surface area contributed by atoms with Crippen molar-refractivity contribution < 1.29 is 4.39 Å². The molecule has 2 N–H and O–H groups in total. The van der Waals surface area contributed by atoms with Gasteiger partial charge in [0.05, 0.1) is 0 Å². The Kier molecular flexibility index (Phi) is 3.96. The van der Waals surface area contributed by atoms with E-state index < -0.39 is 0 Å². The molecule has 0 spiro atoms. The van der Waals surface area contributed by atoms with Gasteiger partial charge in [0.1, 0.15) is 5.82 Å². The van der Waals surface area contributed by atoms with Gasteiger partial charge in [0.15, 0.2) is 0 Å². The van der Waals surface area contributed by atoms with Crippen LogP contribution in [-0.2, 0) is 0 Å². The molecule has 1 aromatic rings. The van der Waals surface area contributed by atoms with Crippen molar-refractivity contribution in [3.63, 3.8) is 0 Å². The van der Waals surface area contributed by atoms with Gasteiger partial charge in [-0.25, -0.2) is 4.39 Å². The van der Waals surface area contributed by atoms with Gasteiger partial charge in [-0.2, -0.15) is 0 Å². The number of benzene rings is 1. The Morgan fingerprint density at radius 1 is 1.29 bits per heavy atom. The SMILES string of the molecule is CC(C)Sc1cccc(F)c1[C@H](C)N. The number of hydrogen-bond donors (Lipinski definition) is 1. The number of rotatable bonds is 3. The zero-order chi connectivity index (χ0) is 10.7. The number of nitrogens with two attached hydrogens (primary N) is 1. The summed E-state index contributed by atoms with van der Waals surface area (Å²) in [5.74, 6) is -0.203. The first-order valence-electron chi connectivity index (χ1n) is 4.73. The summed E-state index contributed by atoms with van der Waals surface area (Å²) in [6.45, 7) is 5.98. The molecule has 3 heteroatoms. The van der Waals surface area contributed by atoms with Crippen molar-refractivity contribution in [3.8, 4) is 0 Å². The minimum atomic E-state index is -0.252. The lowest BCUT2D eigenvalue weighted by molar-refractivity contribution is 0.585. The Morgan fingerprint density at radius 3 is 2.43 bits per heavy atom. The molecule has 0 aromatic heterocycles. The van der Waals surface area contributed by atoms with E-state index in [9.17, 15) is 4.39 Å². The second kappa shape index (κ2) is 4.80. The molecule has 1 aromatic carbocycles. The Labute approximate surface area is 88.9 Å². The normalized spacial score (nSPS) is 13.3. The molecule has 0 amide bonds. The highest BCUT2D eigenvalue weighted by Gasteiger charge is 2.13. The second-order valence-corrected chi connectivity index (χ2v) is 5.23. The fraction of sp³-hybridized carbons (Fsp3) is 0.455. The molecule has 0 aliphatic heterocycles. The standard InChI is InChI=1S/C11H16FNS/c1-7(2)14-10-6-4-5-9(12)11(10)8(3)13/h4-8H,13H2,1-3H3/t8-/m0/s1. The molecule has 1 rings (SSSR count). The van der Waals surface area contributed by atoms with Crippen molar-refractivity contribution in [2.24, 2.45) is 5.73 Å². The lowest BCUT2D eigenvalue weighted by atomic mass is 10.1. The van der Waals surface area contributed by atoms with E-state index in [1.54, 1.807) is 17.8 Å². The highest BCUT2D eigenvalue weighted by molar-refractivity contribution is 8.00. The topological polar surface area (TPSA) is 26.0 Å². The van der Waals surface area contributed by atoms with Crippen LogP contribution in [0.4, 0.5) is 4.39 Å². The Hall–Kier alpha value is -0.540. The summed E-state index contributed by atoms with van der Waals surface area (Å²) in [5.41, 5.74) is 6.37. The van der Waals surface area contributed by atoms with E-state index in [4.69, 9.17) is 5.73 Å². The van der Waals surface area contributed by atoms with Crippen LogP contribution in [0.2, 0.25) is 0 Å². The van der Waals surface area contributed by atoms with Crippen LogP contribution in [-0.4, -0.2) is 5.25 Å². The molecule has 1 atom stereocenters. The van der Waals surface area contributed by atoms with Crippen LogP contribution in [0.5, 0.6) is 0 Å². The number of hydrogen-bond acceptors (Lipinski definition) is 2. The minimum Gasteiger partial charge on any atom is -0.324 e. The third-order valence-electron chi connectivity index (χ3n) is 1.83. The molecule has 0 heterocycles. The molecule has 0 saturated heterocycles. The van der Waals surface area contributed by atoms with Gasteiger partial charge in [-0.05, 0) is 19.1 Å². The third-order valence-corrected chi connectivity index (χ3v) is 2.91. The van der Waals surface area contributed by atoms with Crippen molar-refractivity contribution in [1.82, 2.24) is 0 Å². The van der Waals surface area contributed by atoms with Crippen LogP contribution in [0.15, 0.2) is 23.1 Å². The van der Waals surface area contributed by atoms with Gasteiger partial charge in [-0.3, -0.25) is 0 Å². The van der Waals surface area contributed by atoms with Crippen molar-refractivity contribution in [2.45, 2.75) is 37.0 Å². The van der Waals surface area contributed by atoms with Crippen LogP contribution >= 0.6 is 11.8 Å². The van der Waals surface area contributed by atoms with Gasteiger partial charge < -0.3 is 5.73 Å². The zero-order valence-corrected chi connectivity index (χ0v) is 9.57. The fourth-order valence-electron chi connectivity index (χ4n) is 1.32. The molecule has 14 heavy (non-hydrogen) atoms. The molecule has 0 unspecified atom stereocenters. The second-order valence-electron chi connectivity index (χ2n) is 3.61. The molecule has 0 saturated carbocycles. The monoisotopic (exact) mass is 213 g/mol. The summed E-state index contributed by atoms with van der Waals surface area (Å²) in [6.07, 6.45) is 0. The summed E-state index contributed by atoms with van der Waals surface area (Å²) in [7, 11) is 0. The van der Waals surface area contributed by atoms with Gasteiger partial charge in [0.2, 0.25) is 0 Å². The molecule has 78 valence electrons. The van der Waals surface area contributed by atoms with E-state index in [-0.39, 0.29) is 11.9 Å². The molecule has 0 fully saturated rings. The van der Waals surface area contributed by atoms with Crippen LogP contribution < -0.4 is 5.73 Å². The molecule has 0 bridgehead atoms. The highest BCUT2D eigenvalue weighted by atomic mass is 32.2. The summed E-state index contributed by atoms with van der Waals surface area (Å²) in [4.78, 5) is 0.954. The Bertz CT molecular complexity index is 310. The van der Waals surface area contributed by atoms with Gasteiger partial charge >= 0.3 is 0 Å². The van der Waals surface area contributed by atoms with E-state index >= 15 is 0 Å². The maximum atomic E-state index is 13.5. The van der Waals surface area contributed by atoms with Gasteiger partial charge in [-0.15, -0.1) is 11.8 Å². The number of halogens is 1. The fourth-order valence-corrected chi connectivity index (χ4v) is 2.39. The highest BCUT2D eigenvalue weighted by Crippen LogP contribution is 2.31. The first-order chi connectivity index (χ1) is 6.52. The average Bonchev–Trinajstić information content (AvgIpc) is 2.01. The van der Waals surface area contributed by atoms with Crippen molar-refractivity contribution in [1.29, 1.82) is 0 Å². The molecule has 0 aliphatic carbocycles. The van der Waals surface area contributed by atoms with Crippen LogP contribution in [0.25, 0.3) is 0 Å². The van der Waals surface area contributed by atoms with Gasteiger partial charge in [0, 0.05) is 21.8 Å². The number of thioether (sulfide) groups is 1. The average molecular weight is 213 g/mol. The lowest BCUT2D eigenvalue weighted by Crippen LogP contribution is -2.09. The maximum Gasteiger partial charge on any atom is 0.129 e. The van der Waals surface area contributed by atoms with E-state index in [0.717, 1.165) is 4.90 Å². The Balaban J connectivity index is 3.08. The third kappa shape index (κ3) is 2.72. The summed E-state index contributed by atoms with van der Waals surface area (Å²) in [6, 6.07) is 4.86. The minimum absolute atomic E-state index is 0.203. The molecule has 0 radical (unpaired) electrons. The van der Waals surface area contributed by atoms with Crippen LogP contribution in [0.1, 0.15) is 32.4 Å². The van der Waals surface area contributed by atoms with Crippen LogP contribution in [0.3, 0.4) is 0 Å². The quantitative estimate of drug-likeness (QED) is 0.779. The summed E-state index contributed by atoms with van der Waals surface area (Å²) < 4.78 is 13.5. The smallest absolute Gasteiger partial charge is 0.129 e. The van der Waals surface area contributed by atoms with Crippen LogP contribution in [0, 0.1) is 5.82 Å². The lowest BCUT2D eigenvalue weighted by Gasteiger charge is -2.14. The summed E-state index contributed by atoms with van der Waals surface area (Å²) >= 11 is 1.65. The maximum absolute atomic E-state index is 13.5. The van der Waals surface area contributed by atoms with E-state index in [1.165, 1.54) is 6.07 Å². The first kappa shape index (κ1) is 11.5. The first-order valence-corrected chi connectivity index (χ1v) is 5.61. The molecular weight excluding hydrogens is 197 g/mol. The molecule has 0 aliphatic rings.